The number of fused-ring (bicyclic) bond motifs is 8. The zero-order chi connectivity index (χ0) is 23.7. The van der Waals surface area contributed by atoms with Gasteiger partial charge in [0.2, 0.25) is 0 Å². The summed E-state index contributed by atoms with van der Waals surface area (Å²) in [6.45, 7) is 16.1. The Bertz CT molecular complexity index is 1540. The van der Waals surface area contributed by atoms with Crippen molar-refractivity contribution >= 4 is 38.5 Å². The smallest absolute Gasteiger partial charge is 0.255 e. The van der Waals surface area contributed by atoms with E-state index in [1.165, 1.54) is 49.7 Å². The van der Waals surface area contributed by atoms with Crippen LogP contribution in [0.3, 0.4) is 0 Å². The van der Waals surface area contributed by atoms with Gasteiger partial charge in [-0.2, -0.15) is 4.40 Å². The highest BCUT2D eigenvalue weighted by molar-refractivity contribution is 6.11. The minimum absolute atomic E-state index is 0.238. The molecule has 5 aromatic rings. The fraction of sp³-hybridized carbons (Fsp3) is 0.400. The topological polar surface area (TPSA) is 21.2 Å². The molecule has 2 aromatic carbocycles. The highest BCUT2D eigenvalue weighted by atomic mass is 15.1. The number of aryl methyl sites for hydroxylation is 2. The van der Waals surface area contributed by atoms with Crippen molar-refractivity contribution in [3.8, 4) is 0 Å². The standard InChI is InChI=1S/C30H36N3/c1-19-13-14-31-27-22-11-9-20(17-29(2,3)4)15-24(22)33-25-16-21(18-30(5,6)7)10-12-23(25)32(8)28(33)26(19)27/h9-16H,17-18H2,1-8H3/q+1. The van der Waals surface area contributed by atoms with Gasteiger partial charge >= 0.3 is 0 Å². The SMILES string of the molecule is Cc1ccnc2c3ccc(CC(C)(C)C)cc3n3c4cc(CC(C)(C)C)ccc4[n+](C)c3c12. The average Bonchev–Trinajstić information content (AvgIpc) is 2.98. The lowest BCUT2D eigenvalue weighted by Gasteiger charge is -2.18. The van der Waals surface area contributed by atoms with Crippen molar-refractivity contribution in [2.75, 3.05) is 0 Å². The van der Waals surface area contributed by atoms with Gasteiger partial charge in [0.15, 0.2) is 11.0 Å². The summed E-state index contributed by atoms with van der Waals surface area (Å²) in [4.78, 5) is 4.88. The molecule has 3 aromatic heterocycles. The van der Waals surface area contributed by atoms with E-state index in [0.29, 0.717) is 0 Å². The van der Waals surface area contributed by atoms with Gasteiger partial charge in [-0.15, -0.1) is 0 Å². The second-order valence-electron chi connectivity index (χ2n) is 12.2. The molecule has 0 radical (unpaired) electrons. The monoisotopic (exact) mass is 438 g/mol. The van der Waals surface area contributed by atoms with Gasteiger partial charge in [-0.25, -0.2) is 4.57 Å². The van der Waals surface area contributed by atoms with Crippen LogP contribution in [-0.2, 0) is 19.9 Å². The molecular weight excluding hydrogens is 402 g/mol. The minimum atomic E-state index is 0.238. The van der Waals surface area contributed by atoms with Gasteiger partial charge < -0.3 is 0 Å². The zero-order valence-electron chi connectivity index (χ0n) is 21.4. The maximum Gasteiger partial charge on any atom is 0.297 e. The summed E-state index contributed by atoms with van der Waals surface area (Å²) < 4.78 is 4.84. The Kier molecular flexibility index (Phi) is 4.83. The van der Waals surface area contributed by atoms with Crippen LogP contribution in [-0.4, -0.2) is 9.38 Å². The Morgan fingerprint density at radius 2 is 1.42 bits per heavy atom. The molecule has 5 rings (SSSR count). The third-order valence-electron chi connectivity index (χ3n) is 6.58. The Morgan fingerprint density at radius 3 is 2.06 bits per heavy atom. The van der Waals surface area contributed by atoms with E-state index in [2.05, 4.69) is 107 Å². The van der Waals surface area contributed by atoms with Crippen LogP contribution in [0.1, 0.15) is 58.2 Å². The summed E-state index contributed by atoms with van der Waals surface area (Å²) in [6.07, 6.45) is 4.05. The third kappa shape index (κ3) is 3.78. The number of aromatic nitrogens is 3. The van der Waals surface area contributed by atoms with Gasteiger partial charge in [0.1, 0.15) is 5.52 Å². The molecule has 0 aliphatic rings. The molecule has 3 nitrogen and oxygen atoms in total. The minimum Gasteiger partial charge on any atom is -0.255 e. The van der Waals surface area contributed by atoms with Crippen molar-refractivity contribution in [2.24, 2.45) is 17.9 Å². The van der Waals surface area contributed by atoms with E-state index in [4.69, 9.17) is 4.98 Å². The molecule has 0 bridgehead atoms. The Labute approximate surface area is 197 Å². The third-order valence-corrected chi connectivity index (χ3v) is 6.58. The number of hydrogen-bond acceptors (Lipinski definition) is 1. The van der Waals surface area contributed by atoms with Crippen LogP contribution in [0.25, 0.3) is 38.5 Å². The average molecular weight is 439 g/mol. The Hall–Kier alpha value is -2.94. The van der Waals surface area contributed by atoms with Crippen LogP contribution in [0.5, 0.6) is 0 Å². The molecule has 0 unspecified atom stereocenters. The first kappa shape index (κ1) is 21.9. The Morgan fingerprint density at radius 1 is 0.818 bits per heavy atom. The summed E-state index contributed by atoms with van der Waals surface area (Å²) in [5, 5.41) is 2.46. The fourth-order valence-electron chi connectivity index (χ4n) is 5.39. The molecular formula is C30H36N3+. The van der Waals surface area contributed by atoms with E-state index < -0.39 is 0 Å². The Balaban J connectivity index is 1.97. The first-order valence-electron chi connectivity index (χ1n) is 12.1. The van der Waals surface area contributed by atoms with E-state index in [1.54, 1.807) is 0 Å². The number of imidazole rings is 1. The quantitative estimate of drug-likeness (QED) is 0.213. The van der Waals surface area contributed by atoms with Crippen LogP contribution in [0.4, 0.5) is 0 Å². The van der Waals surface area contributed by atoms with Crippen molar-refractivity contribution < 1.29 is 4.57 Å². The fourth-order valence-corrected chi connectivity index (χ4v) is 5.39. The molecule has 0 fully saturated rings. The summed E-state index contributed by atoms with van der Waals surface area (Å²) in [7, 11) is 2.19. The van der Waals surface area contributed by atoms with Gasteiger partial charge in [-0.05, 0) is 77.6 Å². The van der Waals surface area contributed by atoms with Gasteiger partial charge in [0, 0.05) is 11.6 Å². The van der Waals surface area contributed by atoms with Gasteiger partial charge in [0.05, 0.1) is 18.0 Å². The van der Waals surface area contributed by atoms with Crippen molar-refractivity contribution in [3.63, 3.8) is 0 Å². The molecule has 3 heteroatoms. The second kappa shape index (κ2) is 7.28. The maximum absolute atomic E-state index is 4.88. The summed E-state index contributed by atoms with van der Waals surface area (Å²) >= 11 is 0. The number of rotatable bonds is 2. The zero-order valence-corrected chi connectivity index (χ0v) is 21.4. The predicted octanol–water partition coefficient (Wildman–Crippen LogP) is 7.10. The highest BCUT2D eigenvalue weighted by Crippen LogP contribution is 2.34. The molecule has 0 aliphatic heterocycles. The highest BCUT2D eigenvalue weighted by Gasteiger charge is 2.26. The van der Waals surface area contributed by atoms with E-state index in [9.17, 15) is 0 Å². The lowest BCUT2D eigenvalue weighted by molar-refractivity contribution is -0.617. The molecule has 3 heterocycles. The van der Waals surface area contributed by atoms with Crippen LogP contribution >= 0.6 is 0 Å². The van der Waals surface area contributed by atoms with Gasteiger partial charge in [-0.1, -0.05) is 53.7 Å². The van der Waals surface area contributed by atoms with E-state index >= 15 is 0 Å². The summed E-state index contributed by atoms with van der Waals surface area (Å²) in [6, 6.07) is 16.1. The van der Waals surface area contributed by atoms with Crippen molar-refractivity contribution in [1.82, 2.24) is 9.38 Å². The number of hydrogen-bond donors (Lipinski definition) is 0. The maximum atomic E-state index is 4.88. The molecule has 0 amide bonds. The second-order valence-corrected chi connectivity index (χ2v) is 12.2. The first-order valence-corrected chi connectivity index (χ1v) is 12.1. The van der Waals surface area contributed by atoms with Gasteiger partial charge in [0.25, 0.3) is 5.65 Å². The molecule has 0 aliphatic carbocycles. The molecule has 0 N–H and O–H groups in total. The van der Waals surface area contributed by atoms with Crippen LogP contribution in [0, 0.1) is 17.8 Å². The number of benzene rings is 2. The molecule has 170 valence electrons. The van der Waals surface area contributed by atoms with Crippen molar-refractivity contribution in [3.05, 3.63) is 65.4 Å². The molecule has 0 saturated carbocycles. The van der Waals surface area contributed by atoms with Crippen molar-refractivity contribution in [2.45, 2.75) is 61.3 Å². The number of pyridine rings is 2. The van der Waals surface area contributed by atoms with E-state index in [1.807, 2.05) is 6.20 Å². The van der Waals surface area contributed by atoms with Crippen LogP contribution in [0.2, 0.25) is 0 Å². The normalized spacial score (nSPS) is 13.1. The van der Waals surface area contributed by atoms with Crippen LogP contribution < -0.4 is 4.57 Å². The van der Waals surface area contributed by atoms with Crippen LogP contribution in [0.15, 0.2) is 48.7 Å². The summed E-state index contributed by atoms with van der Waals surface area (Å²) in [5.74, 6) is 0. The van der Waals surface area contributed by atoms with E-state index in [0.717, 1.165) is 18.4 Å². The molecule has 0 saturated heterocycles. The van der Waals surface area contributed by atoms with E-state index in [-0.39, 0.29) is 10.8 Å². The molecule has 0 atom stereocenters. The summed E-state index contributed by atoms with van der Waals surface area (Å²) in [5.41, 5.74) is 10.6. The lowest BCUT2D eigenvalue weighted by atomic mass is 9.87. The lowest BCUT2D eigenvalue weighted by Crippen LogP contribution is -2.27. The van der Waals surface area contributed by atoms with Gasteiger partial charge in [-0.3, -0.25) is 4.98 Å². The number of nitrogens with zero attached hydrogens (tertiary/aromatic N) is 3. The first-order chi connectivity index (χ1) is 15.4. The predicted molar refractivity (Wildman–Crippen MR) is 140 cm³/mol. The molecule has 33 heavy (non-hydrogen) atoms. The van der Waals surface area contributed by atoms with Crippen molar-refractivity contribution in [1.29, 1.82) is 0 Å². The molecule has 0 spiro atoms. The largest absolute Gasteiger partial charge is 0.297 e.